The predicted molar refractivity (Wildman–Crippen MR) is 168 cm³/mol. The fourth-order valence-corrected chi connectivity index (χ4v) is 6.15. The van der Waals surface area contributed by atoms with Crippen molar-refractivity contribution < 1.29 is 9.59 Å². The topological polar surface area (TPSA) is 55.9 Å². The van der Waals surface area contributed by atoms with Crippen LogP contribution in [0.15, 0.2) is 41.5 Å². The molecule has 0 aromatic heterocycles. The Hall–Kier alpha value is -2.28. The van der Waals surface area contributed by atoms with E-state index in [0.29, 0.717) is 44.3 Å². The maximum Gasteiger partial charge on any atom is 0.227 e. The molecule has 3 rings (SSSR count). The predicted octanol–water partition coefficient (Wildman–Crippen LogP) is 7.24. The third kappa shape index (κ3) is 9.40. The van der Waals surface area contributed by atoms with Gasteiger partial charge in [0, 0.05) is 72.8 Å². The van der Waals surface area contributed by atoms with E-state index < -0.39 is 0 Å². The summed E-state index contributed by atoms with van der Waals surface area (Å²) in [6.45, 7) is 26.0. The van der Waals surface area contributed by atoms with Gasteiger partial charge in [0.2, 0.25) is 11.8 Å². The molecule has 0 aliphatic carbocycles. The lowest BCUT2D eigenvalue weighted by atomic mass is 9.91. The van der Waals surface area contributed by atoms with Crippen molar-refractivity contribution in [1.29, 1.82) is 0 Å². The molecule has 1 N–H and O–H groups in total. The zero-order chi connectivity index (χ0) is 29.1. The molecule has 2 aliphatic rings. The molecule has 2 amide bonds. The lowest BCUT2D eigenvalue weighted by Crippen LogP contribution is -2.46. The average Bonchev–Trinajstić information content (AvgIpc) is 2.93. The first-order valence-electron chi connectivity index (χ1n) is 14.9. The SMILES string of the molecule is C=C(CCC(=O)N1CCCC(C(=O)N(CC)CC)C1)Nc1ccc(Br)cc1C(=C)N1CC(C)CC(C)C1.CC. The number of carbonyl (C=O) groups excluding carboxylic acids is 2. The van der Waals surface area contributed by atoms with E-state index in [0.717, 1.165) is 59.6 Å². The molecule has 39 heavy (non-hydrogen) atoms. The first kappa shape index (κ1) is 32.9. The first-order chi connectivity index (χ1) is 18.6. The van der Waals surface area contributed by atoms with Crippen LogP contribution in [0.1, 0.15) is 79.2 Å². The van der Waals surface area contributed by atoms with E-state index in [9.17, 15) is 9.59 Å². The molecule has 1 aromatic carbocycles. The molecule has 218 valence electrons. The van der Waals surface area contributed by atoms with Gasteiger partial charge < -0.3 is 20.0 Å². The summed E-state index contributed by atoms with van der Waals surface area (Å²) in [5.74, 6) is 1.46. The monoisotopic (exact) mass is 602 g/mol. The van der Waals surface area contributed by atoms with Crippen molar-refractivity contribution in [3.63, 3.8) is 0 Å². The minimum absolute atomic E-state index is 0.0875. The highest BCUT2D eigenvalue weighted by atomic mass is 79.9. The second kappa shape index (κ2) is 16.1. The van der Waals surface area contributed by atoms with E-state index in [1.165, 1.54) is 6.42 Å². The number of allylic oxidation sites excluding steroid dienone is 1. The summed E-state index contributed by atoms with van der Waals surface area (Å²) in [5, 5.41) is 3.46. The Balaban J connectivity index is 0.00000260. The number of hydrogen-bond acceptors (Lipinski definition) is 4. The van der Waals surface area contributed by atoms with Gasteiger partial charge in [-0.05, 0) is 69.6 Å². The van der Waals surface area contributed by atoms with Crippen molar-refractivity contribution in [2.45, 2.75) is 73.6 Å². The van der Waals surface area contributed by atoms with Crippen LogP contribution in [-0.2, 0) is 9.59 Å². The summed E-state index contributed by atoms with van der Waals surface area (Å²) in [7, 11) is 0. The smallest absolute Gasteiger partial charge is 0.227 e. The van der Waals surface area contributed by atoms with Crippen molar-refractivity contribution in [2.24, 2.45) is 17.8 Å². The molecule has 6 nitrogen and oxygen atoms in total. The van der Waals surface area contributed by atoms with Crippen LogP contribution in [-0.4, -0.2) is 65.8 Å². The van der Waals surface area contributed by atoms with Gasteiger partial charge in [-0.2, -0.15) is 0 Å². The number of hydrogen-bond donors (Lipinski definition) is 1. The highest BCUT2D eigenvalue weighted by Gasteiger charge is 2.30. The number of nitrogens with zero attached hydrogens (tertiary/aromatic N) is 3. The third-order valence-corrected chi connectivity index (χ3v) is 8.19. The minimum Gasteiger partial charge on any atom is -0.371 e. The molecule has 3 atom stereocenters. The number of amides is 2. The molecular weight excluding hydrogens is 552 g/mol. The van der Waals surface area contributed by atoms with E-state index in [4.69, 9.17) is 0 Å². The molecule has 2 heterocycles. The Kier molecular flexibility index (Phi) is 13.6. The van der Waals surface area contributed by atoms with Crippen molar-refractivity contribution in [1.82, 2.24) is 14.7 Å². The van der Waals surface area contributed by atoms with Crippen LogP contribution in [0.4, 0.5) is 5.69 Å². The molecule has 2 aliphatic heterocycles. The Morgan fingerprint density at radius 1 is 1.03 bits per heavy atom. The fraction of sp³-hybridized carbons (Fsp3) is 0.625. The molecule has 2 fully saturated rings. The number of halogens is 1. The summed E-state index contributed by atoms with van der Waals surface area (Å²) in [4.78, 5) is 32.0. The molecule has 3 unspecified atom stereocenters. The second-order valence-corrected chi connectivity index (χ2v) is 11.8. The van der Waals surface area contributed by atoms with Crippen molar-refractivity contribution in [3.05, 3.63) is 47.1 Å². The quantitative estimate of drug-likeness (QED) is 0.307. The number of benzene rings is 1. The number of piperidine rings is 2. The van der Waals surface area contributed by atoms with Crippen LogP contribution in [0.25, 0.3) is 5.70 Å². The summed E-state index contributed by atoms with van der Waals surface area (Å²) < 4.78 is 1.01. The van der Waals surface area contributed by atoms with Gasteiger partial charge in [0.05, 0.1) is 5.92 Å². The third-order valence-electron chi connectivity index (χ3n) is 7.69. The van der Waals surface area contributed by atoms with E-state index in [1.54, 1.807) is 0 Å². The lowest BCUT2D eigenvalue weighted by Gasteiger charge is -2.38. The Bertz CT molecular complexity index is 980. The van der Waals surface area contributed by atoms with E-state index in [-0.39, 0.29) is 17.7 Å². The van der Waals surface area contributed by atoms with Gasteiger partial charge in [-0.15, -0.1) is 0 Å². The van der Waals surface area contributed by atoms with Crippen molar-refractivity contribution in [2.75, 3.05) is 44.6 Å². The maximum absolute atomic E-state index is 13.0. The molecule has 2 saturated heterocycles. The van der Waals surface area contributed by atoms with Crippen LogP contribution >= 0.6 is 15.9 Å². The minimum atomic E-state index is -0.0875. The number of likely N-dealkylation sites (tertiary alicyclic amines) is 2. The number of nitrogens with one attached hydrogen (secondary N) is 1. The van der Waals surface area contributed by atoms with Crippen LogP contribution in [0, 0.1) is 17.8 Å². The second-order valence-electron chi connectivity index (χ2n) is 10.9. The zero-order valence-electron chi connectivity index (χ0n) is 25.2. The molecule has 0 spiro atoms. The first-order valence-corrected chi connectivity index (χ1v) is 15.7. The highest BCUT2D eigenvalue weighted by Crippen LogP contribution is 2.33. The number of carbonyl (C=O) groups is 2. The van der Waals surface area contributed by atoms with Gasteiger partial charge in [0.25, 0.3) is 0 Å². The standard InChI is InChI=1S/C30H45BrN4O2.C2H6/c1-7-33(8-2)30(37)25-10-9-15-34(20-25)29(36)14-11-23(5)32-28-13-12-26(31)17-27(28)24(6)35-18-21(3)16-22(4)19-35;1-2/h12-13,17,21-22,25,32H,5-11,14-16,18-20H2,1-4H3;1-2H3. The summed E-state index contributed by atoms with van der Waals surface area (Å²) in [6, 6.07) is 6.16. The van der Waals surface area contributed by atoms with Gasteiger partial charge >= 0.3 is 0 Å². The van der Waals surface area contributed by atoms with Gasteiger partial charge in [0.1, 0.15) is 0 Å². The normalized spacial score (nSPS) is 20.9. The fourth-order valence-electron chi connectivity index (χ4n) is 5.79. The summed E-state index contributed by atoms with van der Waals surface area (Å²) >= 11 is 3.62. The van der Waals surface area contributed by atoms with Crippen LogP contribution < -0.4 is 5.32 Å². The molecule has 7 heteroatoms. The lowest BCUT2D eigenvalue weighted by molar-refractivity contribution is -0.140. The maximum atomic E-state index is 13.0. The van der Waals surface area contributed by atoms with Crippen LogP contribution in [0.3, 0.4) is 0 Å². The average molecular weight is 604 g/mol. The van der Waals surface area contributed by atoms with Crippen LogP contribution in [0.2, 0.25) is 0 Å². The summed E-state index contributed by atoms with van der Waals surface area (Å²) in [5.41, 5.74) is 3.83. The largest absolute Gasteiger partial charge is 0.371 e. The molecular formula is C32H51BrN4O2. The Morgan fingerprint density at radius 2 is 1.67 bits per heavy atom. The zero-order valence-corrected chi connectivity index (χ0v) is 26.8. The summed E-state index contributed by atoms with van der Waals surface area (Å²) in [6.07, 6.45) is 3.91. The molecule has 0 radical (unpaired) electrons. The van der Waals surface area contributed by atoms with E-state index in [1.807, 2.05) is 49.6 Å². The molecule has 1 aromatic rings. The number of anilines is 1. The van der Waals surface area contributed by atoms with Crippen molar-refractivity contribution >= 4 is 39.1 Å². The number of rotatable bonds is 10. The molecule has 0 saturated carbocycles. The van der Waals surface area contributed by atoms with Gasteiger partial charge in [-0.3, -0.25) is 9.59 Å². The van der Waals surface area contributed by atoms with Gasteiger partial charge in [-0.25, -0.2) is 0 Å². The van der Waals surface area contributed by atoms with E-state index in [2.05, 4.69) is 59.2 Å². The highest BCUT2D eigenvalue weighted by molar-refractivity contribution is 9.10. The van der Waals surface area contributed by atoms with Crippen LogP contribution in [0.5, 0.6) is 0 Å². The molecule has 0 bridgehead atoms. The van der Waals surface area contributed by atoms with Crippen molar-refractivity contribution in [3.8, 4) is 0 Å². The van der Waals surface area contributed by atoms with Gasteiger partial charge in [0.15, 0.2) is 0 Å². The Labute approximate surface area is 246 Å². The Morgan fingerprint density at radius 3 is 2.28 bits per heavy atom. The van der Waals surface area contributed by atoms with E-state index >= 15 is 0 Å². The van der Waals surface area contributed by atoms with Gasteiger partial charge in [-0.1, -0.05) is 56.8 Å².